The Hall–Kier alpha value is -3.63. The smallest absolute Gasteiger partial charge is 0.341 e. The predicted molar refractivity (Wildman–Crippen MR) is 103 cm³/mol. The van der Waals surface area contributed by atoms with Crippen molar-refractivity contribution in [1.29, 1.82) is 0 Å². The van der Waals surface area contributed by atoms with Crippen LogP contribution in [0.2, 0.25) is 0 Å². The van der Waals surface area contributed by atoms with Crippen LogP contribution in [0, 0.1) is 0 Å². The number of rotatable bonds is 10. The molecule has 0 aliphatic rings. The molecule has 11 nitrogen and oxygen atoms in total. The molecule has 3 heterocycles. The first-order chi connectivity index (χ1) is 14.0. The van der Waals surface area contributed by atoms with Crippen LogP contribution in [-0.2, 0) is 11.3 Å². The van der Waals surface area contributed by atoms with Crippen molar-refractivity contribution < 1.29 is 24.1 Å². The monoisotopic (exact) mass is 402 g/mol. The molecule has 3 rings (SSSR count). The van der Waals surface area contributed by atoms with Crippen molar-refractivity contribution in [3.05, 3.63) is 23.9 Å². The normalized spacial score (nSPS) is 10.8. The van der Waals surface area contributed by atoms with Crippen LogP contribution >= 0.6 is 0 Å². The average molecular weight is 402 g/mol. The van der Waals surface area contributed by atoms with Crippen LogP contribution in [0.4, 0.5) is 5.82 Å². The number of methoxy groups -OCH3 is 1. The number of carboxylic acids is 1. The molecule has 0 amide bonds. The van der Waals surface area contributed by atoms with Crippen LogP contribution in [0.1, 0.15) is 25.5 Å². The number of aliphatic carboxylic acids is 1. The minimum atomic E-state index is -1.08. The van der Waals surface area contributed by atoms with Gasteiger partial charge in [-0.25, -0.2) is 9.78 Å². The van der Waals surface area contributed by atoms with Crippen molar-refractivity contribution in [2.24, 2.45) is 0 Å². The zero-order valence-corrected chi connectivity index (χ0v) is 16.2. The first-order valence-corrected chi connectivity index (χ1v) is 9.02. The fourth-order valence-corrected chi connectivity index (χ4v) is 2.58. The Morgan fingerprint density at radius 1 is 1.21 bits per heavy atom. The molecule has 0 spiro atoms. The van der Waals surface area contributed by atoms with Gasteiger partial charge >= 0.3 is 12.0 Å². The molecular weight excluding hydrogens is 380 g/mol. The summed E-state index contributed by atoms with van der Waals surface area (Å²) in [6.07, 6.45) is 1.85. The number of fused-ring (bicyclic) bond motifs is 1. The Morgan fingerprint density at radius 2 is 2.03 bits per heavy atom. The summed E-state index contributed by atoms with van der Waals surface area (Å²) >= 11 is 0. The van der Waals surface area contributed by atoms with Gasteiger partial charge in [0.25, 0.3) is 6.01 Å². The molecule has 29 heavy (non-hydrogen) atoms. The summed E-state index contributed by atoms with van der Waals surface area (Å²) in [6, 6.07) is 5.51. The number of ether oxygens (including phenoxy) is 3. The maximum Gasteiger partial charge on any atom is 0.341 e. The van der Waals surface area contributed by atoms with Gasteiger partial charge < -0.3 is 25.1 Å². The summed E-state index contributed by atoms with van der Waals surface area (Å²) in [4.78, 5) is 27.9. The highest BCUT2D eigenvalue weighted by Gasteiger charge is 2.18. The minimum Gasteiger partial charge on any atom is -0.479 e. The minimum absolute atomic E-state index is 0.166. The molecule has 0 saturated heterocycles. The highest BCUT2D eigenvalue weighted by Crippen LogP contribution is 2.26. The zero-order valence-electron chi connectivity index (χ0n) is 16.2. The number of unbranched alkanes of at least 4 members (excludes halogenated alkanes) is 1. The van der Waals surface area contributed by atoms with E-state index < -0.39 is 12.6 Å². The lowest BCUT2D eigenvalue weighted by Crippen LogP contribution is -2.11. The summed E-state index contributed by atoms with van der Waals surface area (Å²) in [7, 11) is 1.49. The first-order valence-electron chi connectivity index (χ1n) is 9.02. The molecule has 154 valence electrons. The lowest BCUT2D eigenvalue weighted by Gasteiger charge is -2.09. The van der Waals surface area contributed by atoms with E-state index >= 15 is 0 Å². The molecule has 11 heteroatoms. The Balaban J connectivity index is 1.93. The number of anilines is 1. The summed E-state index contributed by atoms with van der Waals surface area (Å²) in [5.41, 5.74) is 7.46. The Kier molecular flexibility index (Phi) is 6.27. The SMILES string of the molecule is CCCCOc1nc(N)c2nc(OC)n(Cc3cccc(OCC(=O)O)n3)c2n1. The van der Waals surface area contributed by atoms with Crippen LogP contribution < -0.4 is 19.9 Å². The molecule has 0 bridgehead atoms. The molecule has 0 unspecified atom stereocenters. The number of hydrogen-bond donors (Lipinski definition) is 2. The van der Waals surface area contributed by atoms with Gasteiger partial charge in [0.1, 0.15) is 0 Å². The molecule has 0 aliphatic heterocycles. The number of carboxylic acid groups (broad SMARTS) is 1. The fraction of sp³-hybridized carbons (Fsp3) is 0.389. The number of nitrogens with two attached hydrogens (primary N) is 1. The lowest BCUT2D eigenvalue weighted by molar-refractivity contribution is -0.139. The van der Waals surface area contributed by atoms with Gasteiger partial charge in [-0.1, -0.05) is 19.4 Å². The highest BCUT2D eigenvalue weighted by molar-refractivity contribution is 5.83. The molecule has 0 atom stereocenters. The van der Waals surface area contributed by atoms with Crippen molar-refractivity contribution in [2.75, 3.05) is 26.1 Å². The number of pyridine rings is 1. The van der Waals surface area contributed by atoms with E-state index in [-0.39, 0.29) is 30.3 Å². The van der Waals surface area contributed by atoms with Crippen LogP contribution in [0.25, 0.3) is 11.2 Å². The molecule has 3 N–H and O–H groups in total. The number of carbonyl (C=O) groups is 1. The Labute approximate surface area is 166 Å². The maximum atomic E-state index is 10.7. The third kappa shape index (κ3) is 4.81. The third-order valence-electron chi connectivity index (χ3n) is 3.92. The fourth-order valence-electron chi connectivity index (χ4n) is 2.58. The van der Waals surface area contributed by atoms with E-state index in [2.05, 4.69) is 26.9 Å². The van der Waals surface area contributed by atoms with Crippen LogP contribution in [0.15, 0.2) is 18.2 Å². The molecule has 0 saturated carbocycles. The molecule has 3 aromatic heterocycles. The van der Waals surface area contributed by atoms with E-state index in [0.717, 1.165) is 12.8 Å². The van der Waals surface area contributed by atoms with E-state index in [1.807, 2.05) is 0 Å². The van der Waals surface area contributed by atoms with Crippen molar-refractivity contribution in [2.45, 2.75) is 26.3 Å². The predicted octanol–water partition coefficient (Wildman–Crippen LogP) is 1.50. The number of nitrogen functional groups attached to an aromatic ring is 1. The van der Waals surface area contributed by atoms with Crippen molar-refractivity contribution in [1.82, 2.24) is 24.5 Å². The highest BCUT2D eigenvalue weighted by atomic mass is 16.5. The van der Waals surface area contributed by atoms with Gasteiger partial charge in [-0.2, -0.15) is 15.0 Å². The number of nitrogens with zero attached hydrogens (tertiary/aromatic N) is 5. The van der Waals surface area contributed by atoms with Crippen molar-refractivity contribution >= 4 is 23.0 Å². The quantitative estimate of drug-likeness (QED) is 0.478. The first kappa shape index (κ1) is 20.1. The second-order valence-electron chi connectivity index (χ2n) is 6.10. The molecule has 0 radical (unpaired) electrons. The molecular formula is C18H22N6O5. The molecule has 0 aromatic carbocycles. The summed E-state index contributed by atoms with van der Waals surface area (Å²) in [5.74, 6) is -0.696. The molecule has 3 aromatic rings. The Morgan fingerprint density at radius 3 is 2.76 bits per heavy atom. The largest absolute Gasteiger partial charge is 0.479 e. The standard InChI is InChI=1S/C18H22N6O5/c1-3-4-8-28-17-22-15(19)14-16(23-17)24(18(21-14)27-2)9-11-6-5-7-12(20-11)29-10-13(25)26/h5-7H,3-4,8-10H2,1-2H3,(H,25,26)(H2,19,22,23). The third-order valence-corrected chi connectivity index (χ3v) is 3.92. The van der Waals surface area contributed by atoms with E-state index in [0.29, 0.717) is 23.5 Å². The maximum absolute atomic E-state index is 10.7. The van der Waals surface area contributed by atoms with Gasteiger partial charge in [0.15, 0.2) is 23.6 Å². The van der Waals surface area contributed by atoms with E-state index in [4.69, 9.17) is 25.1 Å². The zero-order chi connectivity index (χ0) is 20.8. The number of hydrogen-bond acceptors (Lipinski definition) is 9. The lowest BCUT2D eigenvalue weighted by atomic mass is 10.3. The second kappa shape index (κ2) is 9.04. The number of imidazole rings is 1. The van der Waals surface area contributed by atoms with E-state index in [9.17, 15) is 4.79 Å². The van der Waals surface area contributed by atoms with Gasteiger partial charge in [-0.3, -0.25) is 4.57 Å². The van der Waals surface area contributed by atoms with Crippen molar-refractivity contribution in [3.8, 4) is 17.9 Å². The summed E-state index contributed by atoms with van der Waals surface area (Å²) < 4.78 is 17.8. The van der Waals surface area contributed by atoms with Gasteiger partial charge in [-0.15, -0.1) is 0 Å². The molecule has 0 aliphatic carbocycles. The number of aromatic nitrogens is 5. The average Bonchev–Trinajstić information content (AvgIpc) is 3.05. The molecule has 0 fully saturated rings. The Bertz CT molecular complexity index is 1010. The van der Waals surface area contributed by atoms with Crippen LogP contribution in [0.5, 0.6) is 17.9 Å². The van der Waals surface area contributed by atoms with Crippen molar-refractivity contribution in [3.63, 3.8) is 0 Å². The van der Waals surface area contributed by atoms with Gasteiger partial charge in [0.05, 0.1) is 26.0 Å². The van der Waals surface area contributed by atoms with Gasteiger partial charge in [0.2, 0.25) is 5.88 Å². The van der Waals surface area contributed by atoms with Crippen LogP contribution in [-0.4, -0.2) is 55.9 Å². The topological polar surface area (TPSA) is 148 Å². The van der Waals surface area contributed by atoms with Crippen LogP contribution in [0.3, 0.4) is 0 Å². The van der Waals surface area contributed by atoms with E-state index in [1.165, 1.54) is 7.11 Å². The summed E-state index contributed by atoms with van der Waals surface area (Å²) in [6.45, 7) is 2.31. The summed E-state index contributed by atoms with van der Waals surface area (Å²) in [5, 5.41) is 8.75. The van der Waals surface area contributed by atoms with Gasteiger partial charge in [-0.05, 0) is 12.5 Å². The van der Waals surface area contributed by atoms with Gasteiger partial charge in [0, 0.05) is 6.07 Å². The second-order valence-corrected chi connectivity index (χ2v) is 6.10. The van der Waals surface area contributed by atoms with E-state index in [1.54, 1.807) is 22.8 Å².